The van der Waals surface area contributed by atoms with E-state index >= 15 is 0 Å². The monoisotopic (exact) mass is 277 g/mol. The van der Waals surface area contributed by atoms with Gasteiger partial charge < -0.3 is 14.6 Å². The van der Waals surface area contributed by atoms with Gasteiger partial charge in [-0.2, -0.15) is 0 Å². The molecule has 0 aromatic heterocycles. The van der Waals surface area contributed by atoms with Crippen LogP contribution in [0.15, 0.2) is 18.2 Å². The summed E-state index contributed by atoms with van der Waals surface area (Å²) in [5.41, 5.74) is 1.18. The van der Waals surface area contributed by atoms with Gasteiger partial charge in [-0.05, 0) is 44.0 Å². The number of nitrogens with zero attached hydrogens (tertiary/aromatic N) is 1. The minimum absolute atomic E-state index is 0.196. The van der Waals surface area contributed by atoms with E-state index in [-0.39, 0.29) is 12.0 Å². The van der Waals surface area contributed by atoms with Crippen LogP contribution in [0.1, 0.15) is 25.3 Å². The zero-order valence-corrected chi connectivity index (χ0v) is 11.5. The highest BCUT2D eigenvalue weighted by atomic mass is 16.7. The smallest absolute Gasteiger partial charge is 0.306 e. The third-order valence-electron chi connectivity index (χ3n) is 4.19. The highest BCUT2D eigenvalue weighted by molar-refractivity contribution is 5.70. The van der Waals surface area contributed by atoms with E-state index in [0.29, 0.717) is 6.79 Å². The predicted octanol–water partition coefficient (Wildman–Crippen LogP) is 2.10. The highest BCUT2D eigenvalue weighted by Crippen LogP contribution is 2.33. The van der Waals surface area contributed by atoms with Gasteiger partial charge in [-0.1, -0.05) is 6.07 Å². The van der Waals surface area contributed by atoms with Gasteiger partial charge in [0.25, 0.3) is 0 Å². The van der Waals surface area contributed by atoms with E-state index in [1.54, 1.807) is 0 Å². The molecule has 0 amide bonds. The molecule has 2 atom stereocenters. The number of aliphatic carboxylic acids is 1. The Hall–Kier alpha value is -1.75. The molecule has 2 unspecified atom stereocenters. The summed E-state index contributed by atoms with van der Waals surface area (Å²) in [5, 5.41) is 9.09. The average Bonchev–Trinajstić information content (AvgIpc) is 2.88. The van der Waals surface area contributed by atoms with Gasteiger partial charge in [0.1, 0.15) is 0 Å². The molecule has 1 fully saturated rings. The van der Waals surface area contributed by atoms with Crippen molar-refractivity contribution in [3.05, 3.63) is 23.8 Å². The van der Waals surface area contributed by atoms with E-state index in [1.807, 2.05) is 18.2 Å². The molecule has 5 heteroatoms. The topological polar surface area (TPSA) is 59.0 Å². The minimum Gasteiger partial charge on any atom is -0.481 e. The van der Waals surface area contributed by atoms with Crippen molar-refractivity contribution in [2.75, 3.05) is 13.3 Å². The fourth-order valence-electron chi connectivity index (χ4n) is 2.95. The van der Waals surface area contributed by atoms with Crippen LogP contribution >= 0.6 is 0 Å². The summed E-state index contributed by atoms with van der Waals surface area (Å²) in [6, 6.07) is 6.28. The molecule has 0 bridgehead atoms. The van der Waals surface area contributed by atoms with Gasteiger partial charge in [-0.25, -0.2) is 0 Å². The summed E-state index contributed by atoms with van der Waals surface area (Å²) in [4.78, 5) is 13.4. The van der Waals surface area contributed by atoms with Crippen molar-refractivity contribution in [3.8, 4) is 11.5 Å². The fraction of sp³-hybridized carbons (Fsp3) is 0.533. The zero-order valence-electron chi connectivity index (χ0n) is 11.5. The summed E-state index contributed by atoms with van der Waals surface area (Å²) < 4.78 is 10.7. The second-order valence-electron chi connectivity index (χ2n) is 5.57. The number of rotatable bonds is 3. The molecular formula is C15H19NO4. The molecule has 1 aromatic carbocycles. The summed E-state index contributed by atoms with van der Waals surface area (Å²) in [6.07, 6.45) is 1.45. The summed E-state index contributed by atoms with van der Waals surface area (Å²) in [6.45, 7) is 4.04. The first-order chi connectivity index (χ1) is 9.63. The van der Waals surface area contributed by atoms with Crippen LogP contribution < -0.4 is 9.47 Å². The molecule has 0 radical (unpaired) electrons. The second kappa shape index (κ2) is 5.32. The Morgan fingerprint density at radius 3 is 2.95 bits per heavy atom. The van der Waals surface area contributed by atoms with Crippen LogP contribution in [0, 0.1) is 5.92 Å². The number of hydrogen-bond acceptors (Lipinski definition) is 4. The van der Waals surface area contributed by atoms with E-state index in [4.69, 9.17) is 14.6 Å². The average molecular weight is 277 g/mol. The summed E-state index contributed by atoms with van der Waals surface area (Å²) >= 11 is 0. The zero-order chi connectivity index (χ0) is 14.1. The Morgan fingerprint density at radius 2 is 2.20 bits per heavy atom. The molecular weight excluding hydrogens is 258 g/mol. The quantitative estimate of drug-likeness (QED) is 0.917. The molecule has 5 nitrogen and oxygen atoms in total. The Morgan fingerprint density at radius 1 is 1.40 bits per heavy atom. The largest absolute Gasteiger partial charge is 0.481 e. The van der Waals surface area contributed by atoms with Gasteiger partial charge in [0.2, 0.25) is 6.79 Å². The molecule has 0 spiro atoms. The molecule has 1 saturated heterocycles. The third kappa shape index (κ3) is 2.58. The standard InChI is InChI=1S/C15H19NO4/c1-10-6-12(15(17)18)4-5-16(10)8-11-2-3-13-14(7-11)20-9-19-13/h2-3,7,10,12H,4-6,8-9H2,1H3,(H,17,18). The highest BCUT2D eigenvalue weighted by Gasteiger charge is 2.29. The molecule has 2 aliphatic rings. The van der Waals surface area contributed by atoms with Crippen molar-refractivity contribution in [2.45, 2.75) is 32.4 Å². The van der Waals surface area contributed by atoms with Gasteiger partial charge in [-0.15, -0.1) is 0 Å². The van der Waals surface area contributed by atoms with E-state index < -0.39 is 5.97 Å². The van der Waals surface area contributed by atoms with E-state index in [0.717, 1.165) is 37.4 Å². The molecule has 1 N–H and O–H groups in total. The molecule has 0 saturated carbocycles. The third-order valence-corrected chi connectivity index (χ3v) is 4.19. The number of ether oxygens (including phenoxy) is 2. The van der Waals surface area contributed by atoms with Gasteiger partial charge in [-0.3, -0.25) is 9.69 Å². The number of carboxylic acids is 1. The lowest BCUT2D eigenvalue weighted by atomic mass is 9.91. The van der Waals surface area contributed by atoms with Crippen molar-refractivity contribution >= 4 is 5.97 Å². The lowest BCUT2D eigenvalue weighted by Gasteiger charge is -2.36. The van der Waals surface area contributed by atoms with Crippen LogP contribution in [0.2, 0.25) is 0 Å². The first kappa shape index (κ1) is 13.2. The van der Waals surface area contributed by atoms with Crippen LogP contribution in [-0.2, 0) is 11.3 Å². The number of carboxylic acid groups (broad SMARTS) is 1. The van der Waals surface area contributed by atoms with Crippen molar-refractivity contribution < 1.29 is 19.4 Å². The number of fused-ring (bicyclic) bond motifs is 1. The lowest BCUT2D eigenvalue weighted by Crippen LogP contribution is -2.42. The number of hydrogen-bond donors (Lipinski definition) is 1. The van der Waals surface area contributed by atoms with Gasteiger partial charge >= 0.3 is 5.97 Å². The van der Waals surface area contributed by atoms with Crippen LogP contribution in [0.5, 0.6) is 11.5 Å². The SMILES string of the molecule is CC1CC(C(=O)O)CCN1Cc1ccc2c(c1)OCO2. The molecule has 20 heavy (non-hydrogen) atoms. The van der Waals surface area contributed by atoms with Crippen molar-refractivity contribution in [3.63, 3.8) is 0 Å². The molecule has 2 aliphatic heterocycles. The Balaban J connectivity index is 1.65. The lowest BCUT2D eigenvalue weighted by molar-refractivity contribution is -0.144. The maximum absolute atomic E-state index is 11.0. The Labute approximate surface area is 118 Å². The number of benzene rings is 1. The number of carbonyl (C=O) groups is 1. The van der Waals surface area contributed by atoms with E-state index in [1.165, 1.54) is 5.56 Å². The Kier molecular flexibility index (Phi) is 3.53. The van der Waals surface area contributed by atoms with Crippen LogP contribution in [0.25, 0.3) is 0 Å². The fourth-order valence-corrected chi connectivity index (χ4v) is 2.95. The van der Waals surface area contributed by atoms with Crippen molar-refractivity contribution in [1.82, 2.24) is 4.90 Å². The van der Waals surface area contributed by atoms with Gasteiger partial charge in [0.05, 0.1) is 5.92 Å². The van der Waals surface area contributed by atoms with E-state index in [2.05, 4.69) is 11.8 Å². The summed E-state index contributed by atoms with van der Waals surface area (Å²) in [5.74, 6) is 0.736. The van der Waals surface area contributed by atoms with Crippen LogP contribution in [0.4, 0.5) is 0 Å². The maximum atomic E-state index is 11.0. The van der Waals surface area contributed by atoms with Crippen molar-refractivity contribution in [2.24, 2.45) is 5.92 Å². The second-order valence-corrected chi connectivity index (χ2v) is 5.57. The molecule has 0 aliphatic carbocycles. The van der Waals surface area contributed by atoms with E-state index in [9.17, 15) is 4.79 Å². The minimum atomic E-state index is -0.667. The summed E-state index contributed by atoms with van der Waals surface area (Å²) in [7, 11) is 0. The maximum Gasteiger partial charge on any atom is 0.306 e. The van der Waals surface area contributed by atoms with Gasteiger partial charge in [0.15, 0.2) is 11.5 Å². The molecule has 1 aromatic rings. The first-order valence-corrected chi connectivity index (χ1v) is 6.99. The number of piperidine rings is 1. The van der Waals surface area contributed by atoms with Gasteiger partial charge in [0, 0.05) is 12.6 Å². The van der Waals surface area contributed by atoms with Crippen molar-refractivity contribution in [1.29, 1.82) is 0 Å². The molecule has 108 valence electrons. The number of likely N-dealkylation sites (tertiary alicyclic amines) is 1. The Bertz CT molecular complexity index is 517. The molecule has 2 heterocycles. The predicted molar refractivity (Wildman–Crippen MR) is 72.8 cm³/mol. The normalized spacial score (nSPS) is 25.6. The molecule has 3 rings (SSSR count). The van der Waals surface area contributed by atoms with Crippen LogP contribution in [0.3, 0.4) is 0 Å². The first-order valence-electron chi connectivity index (χ1n) is 6.99. The van der Waals surface area contributed by atoms with Crippen LogP contribution in [-0.4, -0.2) is 35.4 Å².